The molecule has 0 radical (unpaired) electrons. The van der Waals surface area contributed by atoms with Crippen molar-refractivity contribution in [2.45, 2.75) is 82.8 Å². The van der Waals surface area contributed by atoms with Gasteiger partial charge >= 0.3 is 0 Å². The van der Waals surface area contributed by atoms with Crippen molar-refractivity contribution in [3.8, 4) is 0 Å². The Balaban J connectivity index is 1.41. The van der Waals surface area contributed by atoms with Crippen LogP contribution in [0.25, 0.3) is 0 Å². The zero-order valence-electron chi connectivity index (χ0n) is 18.7. The molecule has 1 aliphatic heterocycles. The van der Waals surface area contributed by atoms with Gasteiger partial charge in [-0.2, -0.15) is 0 Å². The van der Waals surface area contributed by atoms with Crippen LogP contribution in [-0.2, 0) is 0 Å². The lowest BCUT2D eigenvalue weighted by Crippen LogP contribution is -2.42. The van der Waals surface area contributed by atoms with Gasteiger partial charge in [-0.15, -0.1) is 0 Å². The van der Waals surface area contributed by atoms with E-state index >= 15 is 0 Å². The normalized spacial score (nSPS) is 23.2. The first kappa shape index (κ1) is 21.6. The molecule has 1 saturated heterocycles. The Hall–Kier alpha value is -1.64. The molecule has 0 amide bonds. The van der Waals surface area contributed by atoms with Crippen molar-refractivity contribution in [3.05, 3.63) is 71.3 Å². The van der Waals surface area contributed by atoms with Crippen molar-refractivity contribution in [1.29, 1.82) is 0 Å². The quantitative estimate of drug-likeness (QED) is 0.554. The summed E-state index contributed by atoms with van der Waals surface area (Å²) in [5.74, 6) is 1.45. The number of rotatable bonds is 7. The highest BCUT2D eigenvalue weighted by Crippen LogP contribution is 2.33. The summed E-state index contributed by atoms with van der Waals surface area (Å²) in [5.41, 5.74) is 3.32. The van der Waals surface area contributed by atoms with Crippen molar-refractivity contribution in [2.24, 2.45) is 5.92 Å². The van der Waals surface area contributed by atoms with E-state index in [2.05, 4.69) is 36.1 Å². The Morgan fingerprint density at radius 2 is 1.53 bits per heavy atom. The second kappa shape index (κ2) is 10.6. The molecule has 1 N–H and O–H groups in total. The molecule has 2 nitrogen and oxygen atoms in total. The summed E-state index contributed by atoms with van der Waals surface area (Å²) in [5, 5.41) is 10.8. The molecule has 1 heterocycles. The molecule has 1 saturated carbocycles. The minimum absolute atomic E-state index is 0.486. The highest BCUT2D eigenvalue weighted by Gasteiger charge is 2.27. The topological polar surface area (TPSA) is 23.5 Å². The van der Waals surface area contributed by atoms with E-state index < -0.39 is 6.10 Å². The molecule has 30 heavy (non-hydrogen) atoms. The maximum atomic E-state index is 10.8. The minimum atomic E-state index is -0.549. The lowest BCUT2D eigenvalue weighted by molar-refractivity contribution is 0.111. The molecule has 162 valence electrons. The third-order valence-corrected chi connectivity index (χ3v) is 7.50. The Morgan fingerprint density at radius 1 is 0.833 bits per heavy atom. The second-order valence-corrected chi connectivity index (χ2v) is 9.77. The van der Waals surface area contributed by atoms with Crippen LogP contribution in [0.15, 0.2) is 54.6 Å². The van der Waals surface area contributed by atoms with Gasteiger partial charge in [-0.3, -0.25) is 4.90 Å². The first-order chi connectivity index (χ1) is 14.7. The highest BCUT2D eigenvalue weighted by molar-refractivity contribution is 5.33. The van der Waals surface area contributed by atoms with Crippen LogP contribution in [0.5, 0.6) is 0 Å². The van der Waals surface area contributed by atoms with Gasteiger partial charge in [-0.05, 0) is 54.3 Å². The van der Waals surface area contributed by atoms with E-state index in [1.165, 1.54) is 69.9 Å². The van der Waals surface area contributed by atoms with E-state index in [0.29, 0.717) is 5.92 Å². The summed E-state index contributed by atoms with van der Waals surface area (Å²) in [4.78, 5) is 2.79. The van der Waals surface area contributed by atoms with Gasteiger partial charge in [-0.25, -0.2) is 0 Å². The van der Waals surface area contributed by atoms with Gasteiger partial charge in [0.1, 0.15) is 6.10 Å². The fourth-order valence-corrected chi connectivity index (χ4v) is 5.70. The molecule has 2 aliphatic rings. The van der Waals surface area contributed by atoms with Crippen LogP contribution in [0.4, 0.5) is 0 Å². The van der Waals surface area contributed by atoms with Gasteiger partial charge in [0.05, 0.1) is 0 Å². The maximum absolute atomic E-state index is 10.8. The summed E-state index contributed by atoms with van der Waals surface area (Å²) < 4.78 is 0. The fraction of sp³-hybridized carbons (Fsp3) is 0.571. The summed E-state index contributed by atoms with van der Waals surface area (Å²) in [6.45, 7) is 4.76. The molecule has 3 unspecified atom stereocenters. The largest absolute Gasteiger partial charge is 0.384 e. The first-order valence-electron chi connectivity index (χ1n) is 12.3. The third kappa shape index (κ3) is 5.53. The van der Waals surface area contributed by atoms with E-state index in [-0.39, 0.29) is 0 Å². The number of aliphatic hydroxyl groups excluding tert-OH is 1. The third-order valence-electron chi connectivity index (χ3n) is 7.50. The Bertz CT molecular complexity index is 767. The van der Waals surface area contributed by atoms with Gasteiger partial charge in [0.15, 0.2) is 0 Å². The smallest absolute Gasteiger partial charge is 0.104 e. The Kier molecular flexibility index (Phi) is 7.62. The molecule has 2 heteroatoms. The number of nitrogens with zero attached hydrogens (tertiary/aromatic N) is 1. The molecule has 2 aromatic rings. The van der Waals surface area contributed by atoms with Crippen LogP contribution in [0.3, 0.4) is 0 Å². The molecule has 0 aromatic heterocycles. The lowest BCUT2D eigenvalue weighted by atomic mass is 9.82. The SMILES string of the molecule is CC(CN1CCCCC1CC1CCCCC1)c1cccc(C(O)c2ccccc2)c1. The lowest BCUT2D eigenvalue weighted by Gasteiger charge is -2.40. The average Bonchev–Trinajstić information content (AvgIpc) is 2.81. The molecule has 3 atom stereocenters. The fourth-order valence-electron chi connectivity index (χ4n) is 5.70. The van der Waals surface area contributed by atoms with Crippen LogP contribution in [0, 0.1) is 5.92 Å². The van der Waals surface area contributed by atoms with Crippen molar-refractivity contribution >= 4 is 0 Å². The number of likely N-dealkylation sites (tertiary alicyclic amines) is 1. The van der Waals surface area contributed by atoms with Gasteiger partial charge in [-0.1, -0.05) is 100 Å². The van der Waals surface area contributed by atoms with E-state index in [1.807, 2.05) is 30.3 Å². The van der Waals surface area contributed by atoms with Gasteiger partial charge < -0.3 is 5.11 Å². The molecule has 1 aliphatic carbocycles. The minimum Gasteiger partial charge on any atom is -0.384 e. The molecule has 0 bridgehead atoms. The number of aliphatic hydroxyl groups is 1. The van der Waals surface area contributed by atoms with Gasteiger partial charge in [0, 0.05) is 12.6 Å². The van der Waals surface area contributed by atoms with Crippen molar-refractivity contribution < 1.29 is 5.11 Å². The van der Waals surface area contributed by atoms with E-state index in [1.54, 1.807) is 0 Å². The van der Waals surface area contributed by atoms with Crippen LogP contribution in [0.1, 0.15) is 93.4 Å². The second-order valence-electron chi connectivity index (χ2n) is 9.77. The van der Waals surface area contributed by atoms with E-state index in [4.69, 9.17) is 0 Å². The molecule has 0 spiro atoms. The highest BCUT2D eigenvalue weighted by atomic mass is 16.3. The number of hydrogen-bond acceptors (Lipinski definition) is 2. The Labute approximate surface area is 183 Å². The number of hydrogen-bond donors (Lipinski definition) is 1. The van der Waals surface area contributed by atoms with Crippen LogP contribution >= 0.6 is 0 Å². The van der Waals surface area contributed by atoms with Crippen LogP contribution in [0.2, 0.25) is 0 Å². The van der Waals surface area contributed by atoms with E-state index in [9.17, 15) is 5.11 Å². The summed E-state index contributed by atoms with van der Waals surface area (Å²) >= 11 is 0. The molecule has 2 aromatic carbocycles. The zero-order chi connectivity index (χ0) is 20.8. The molecular formula is C28H39NO. The summed E-state index contributed by atoms with van der Waals surface area (Å²) in [6, 6.07) is 19.4. The number of benzene rings is 2. The predicted molar refractivity (Wildman–Crippen MR) is 126 cm³/mol. The summed E-state index contributed by atoms with van der Waals surface area (Å²) in [7, 11) is 0. The zero-order valence-corrected chi connectivity index (χ0v) is 18.7. The van der Waals surface area contributed by atoms with Gasteiger partial charge in [0.25, 0.3) is 0 Å². The predicted octanol–water partition coefficient (Wildman–Crippen LogP) is 6.70. The summed E-state index contributed by atoms with van der Waals surface area (Å²) in [6.07, 6.45) is 12.3. The van der Waals surface area contributed by atoms with Crippen molar-refractivity contribution in [2.75, 3.05) is 13.1 Å². The van der Waals surface area contributed by atoms with Crippen molar-refractivity contribution in [1.82, 2.24) is 4.90 Å². The van der Waals surface area contributed by atoms with E-state index in [0.717, 1.165) is 29.6 Å². The van der Waals surface area contributed by atoms with Crippen LogP contribution in [-0.4, -0.2) is 29.1 Å². The molecule has 4 rings (SSSR count). The average molecular weight is 406 g/mol. The Morgan fingerprint density at radius 3 is 2.33 bits per heavy atom. The number of piperidine rings is 1. The van der Waals surface area contributed by atoms with Crippen LogP contribution < -0.4 is 0 Å². The monoisotopic (exact) mass is 405 g/mol. The molecular weight excluding hydrogens is 366 g/mol. The van der Waals surface area contributed by atoms with Crippen molar-refractivity contribution in [3.63, 3.8) is 0 Å². The standard InChI is InChI=1S/C28H39NO/c1-22(21-29-18-9-8-17-27(29)19-23-11-4-2-5-12-23)25-15-10-16-26(20-25)28(30)24-13-6-3-7-14-24/h3,6-7,10,13-16,20,22-23,27-28,30H,2,4-5,8-9,11-12,17-19,21H2,1H3. The van der Waals surface area contributed by atoms with Gasteiger partial charge in [0.2, 0.25) is 0 Å². The maximum Gasteiger partial charge on any atom is 0.104 e. The first-order valence-corrected chi connectivity index (χ1v) is 12.3. The molecule has 2 fully saturated rings.